The van der Waals surface area contributed by atoms with E-state index in [2.05, 4.69) is 42.8 Å². The molecule has 108 valence electrons. The normalized spacial score (nSPS) is 9.73. The van der Waals surface area contributed by atoms with Gasteiger partial charge in [-0.3, -0.25) is 0 Å². The first kappa shape index (κ1) is 15.6. The molecule has 2 aromatic carbocycles. The second-order valence-corrected chi connectivity index (χ2v) is 4.82. The fourth-order valence-electron chi connectivity index (χ4n) is 1.80. The summed E-state index contributed by atoms with van der Waals surface area (Å²) < 4.78 is 12.7. The molecular formula is C21H17F. The van der Waals surface area contributed by atoms with Crippen LogP contribution >= 0.6 is 0 Å². The molecule has 0 saturated heterocycles. The smallest absolute Gasteiger partial charge is 0.123 e. The van der Waals surface area contributed by atoms with Gasteiger partial charge in [-0.2, -0.15) is 0 Å². The zero-order chi connectivity index (χ0) is 15.6. The van der Waals surface area contributed by atoms with E-state index in [9.17, 15) is 4.39 Å². The van der Waals surface area contributed by atoms with Crippen LogP contribution in [0.3, 0.4) is 0 Å². The number of rotatable bonds is 3. The zero-order valence-electron chi connectivity index (χ0n) is 12.6. The van der Waals surface area contributed by atoms with Crippen LogP contribution in [-0.4, -0.2) is 0 Å². The van der Waals surface area contributed by atoms with Crippen LogP contribution < -0.4 is 0 Å². The Labute approximate surface area is 131 Å². The van der Waals surface area contributed by atoms with Gasteiger partial charge in [0.05, 0.1) is 0 Å². The van der Waals surface area contributed by atoms with Crippen LogP contribution in [-0.2, 0) is 0 Å². The summed E-state index contributed by atoms with van der Waals surface area (Å²) >= 11 is 0. The van der Waals surface area contributed by atoms with Crippen LogP contribution in [0.1, 0.15) is 36.5 Å². The quantitative estimate of drug-likeness (QED) is 0.694. The third-order valence-electron chi connectivity index (χ3n) is 3.00. The number of allylic oxidation sites excluding steroid dienone is 1. The molecule has 2 aromatic rings. The Morgan fingerprint density at radius 2 is 1.41 bits per heavy atom. The zero-order valence-corrected chi connectivity index (χ0v) is 12.6. The molecule has 0 N–H and O–H groups in total. The van der Waals surface area contributed by atoms with Crippen LogP contribution in [0.2, 0.25) is 0 Å². The first-order valence-corrected chi connectivity index (χ1v) is 7.32. The van der Waals surface area contributed by atoms with E-state index in [1.54, 1.807) is 12.1 Å². The van der Waals surface area contributed by atoms with Gasteiger partial charge in [0.1, 0.15) is 5.82 Å². The largest absolute Gasteiger partial charge is 0.207 e. The van der Waals surface area contributed by atoms with Crippen molar-refractivity contribution < 1.29 is 4.39 Å². The van der Waals surface area contributed by atoms with Crippen molar-refractivity contribution in [3.8, 4) is 23.7 Å². The molecule has 1 heteroatoms. The number of hydrogen-bond donors (Lipinski definition) is 0. The Bertz CT molecular complexity index is 742. The third-order valence-corrected chi connectivity index (χ3v) is 3.00. The average molecular weight is 288 g/mol. The van der Waals surface area contributed by atoms with E-state index in [0.717, 1.165) is 24.0 Å². The molecule has 0 heterocycles. The van der Waals surface area contributed by atoms with Gasteiger partial charge >= 0.3 is 0 Å². The van der Waals surface area contributed by atoms with Crippen molar-refractivity contribution in [3.63, 3.8) is 0 Å². The molecule has 0 aliphatic carbocycles. The molecular weight excluding hydrogens is 271 g/mol. The summed E-state index contributed by atoms with van der Waals surface area (Å²) in [4.78, 5) is 0. The lowest BCUT2D eigenvalue weighted by atomic mass is 10.1. The Balaban J connectivity index is 1.99. The van der Waals surface area contributed by atoms with E-state index >= 15 is 0 Å². The fourth-order valence-corrected chi connectivity index (χ4v) is 1.80. The summed E-state index contributed by atoms with van der Waals surface area (Å²) in [6.07, 6.45) is 6.55. The van der Waals surface area contributed by atoms with Crippen LogP contribution in [0.5, 0.6) is 0 Å². The van der Waals surface area contributed by atoms with Gasteiger partial charge in [0.2, 0.25) is 0 Å². The third kappa shape index (κ3) is 5.31. The Hall–Kier alpha value is -2.77. The molecule has 0 aliphatic heterocycles. The Morgan fingerprint density at radius 1 is 0.864 bits per heavy atom. The van der Waals surface area contributed by atoms with Gasteiger partial charge in [-0.1, -0.05) is 49.5 Å². The topological polar surface area (TPSA) is 0 Å². The van der Waals surface area contributed by atoms with Crippen LogP contribution in [0, 0.1) is 29.5 Å². The molecule has 0 nitrogen and oxygen atoms in total. The highest BCUT2D eigenvalue weighted by molar-refractivity contribution is 5.52. The first-order chi connectivity index (χ1) is 10.8. The SMILES string of the molecule is CCC/C=C/c1ccc(C#CC#Cc2ccc(F)cc2)cc1. The van der Waals surface area contributed by atoms with E-state index in [0.29, 0.717) is 0 Å². The van der Waals surface area contributed by atoms with E-state index < -0.39 is 0 Å². The average Bonchev–Trinajstić information content (AvgIpc) is 2.55. The van der Waals surface area contributed by atoms with E-state index in [1.165, 1.54) is 17.7 Å². The molecule has 2 rings (SSSR count). The summed E-state index contributed by atoms with van der Waals surface area (Å²) in [5.74, 6) is 11.2. The lowest BCUT2D eigenvalue weighted by molar-refractivity contribution is 0.627. The highest BCUT2D eigenvalue weighted by atomic mass is 19.1. The number of hydrogen-bond acceptors (Lipinski definition) is 0. The van der Waals surface area contributed by atoms with E-state index in [1.807, 2.05) is 24.3 Å². The molecule has 0 radical (unpaired) electrons. The van der Waals surface area contributed by atoms with Crippen LogP contribution in [0.4, 0.5) is 4.39 Å². The lowest BCUT2D eigenvalue weighted by Gasteiger charge is -1.93. The van der Waals surface area contributed by atoms with Gasteiger partial charge in [0, 0.05) is 11.1 Å². The van der Waals surface area contributed by atoms with Crippen LogP contribution in [0.25, 0.3) is 6.08 Å². The molecule has 0 spiro atoms. The maximum atomic E-state index is 12.7. The van der Waals surface area contributed by atoms with Gasteiger partial charge < -0.3 is 0 Å². The highest BCUT2D eigenvalue weighted by Crippen LogP contribution is 2.06. The van der Waals surface area contributed by atoms with Gasteiger partial charge in [-0.05, 0) is 60.2 Å². The molecule has 0 bridgehead atoms. The molecule has 0 fully saturated rings. The standard InChI is InChI=1S/C21H17F/c1-2-3-4-7-18-10-12-19(13-11-18)8-5-6-9-20-14-16-21(22)17-15-20/h4,7,10-17H,2-3H2,1H3/b7-4+. The van der Waals surface area contributed by atoms with E-state index in [-0.39, 0.29) is 5.82 Å². The minimum atomic E-state index is -0.260. The fraction of sp³-hybridized carbons (Fsp3) is 0.143. The molecule has 0 saturated carbocycles. The van der Waals surface area contributed by atoms with Gasteiger partial charge in [-0.25, -0.2) is 4.39 Å². The lowest BCUT2D eigenvalue weighted by Crippen LogP contribution is -1.76. The van der Waals surface area contributed by atoms with Gasteiger partial charge in [0.15, 0.2) is 0 Å². The predicted octanol–water partition coefficient (Wildman–Crippen LogP) is 5.04. The second-order valence-electron chi connectivity index (χ2n) is 4.82. The summed E-state index contributed by atoms with van der Waals surface area (Å²) in [5.41, 5.74) is 2.87. The van der Waals surface area contributed by atoms with Gasteiger partial charge in [0.25, 0.3) is 0 Å². The van der Waals surface area contributed by atoms with Crippen molar-refractivity contribution >= 4 is 6.08 Å². The maximum absolute atomic E-state index is 12.7. The second kappa shape index (κ2) is 8.50. The molecule has 0 aliphatic rings. The minimum Gasteiger partial charge on any atom is -0.207 e. The number of unbranched alkanes of at least 4 members (excludes halogenated alkanes) is 1. The molecule has 0 amide bonds. The predicted molar refractivity (Wildman–Crippen MR) is 90.5 cm³/mol. The molecule has 22 heavy (non-hydrogen) atoms. The monoisotopic (exact) mass is 288 g/mol. The van der Waals surface area contributed by atoms with Gasteiger partial charge in [-0.15, -0.1) is 0 Å². The van der Waals surface area contributed by atoms with Crippen molar-refractivity contribution in [2.24, 2.45) is 0 Å². The van der Waals surface area contributed by atoms with Crippen molar-refractivity contribution in [1.82, 2.24) is 0 Å². The van der Waals surface area contributed by atoms with Crippen molar-refractivity contribution in [3.05, 3.63) is 77.1 Å². The Kier molecular flexibility index (Phi) is 6.03. The molecule has 0 unspecified atom stereocenters. The van der Waals surface area contributed by atoms with E-state index in [4.69, 9.17) is 0 Å². The van der Waals surface area contributed by atoms with Crippen LogP contribution in [0.15, 0.2) is 54.6 Å². The summed E-state index contributed by atoms with van der Waals surface area (Å²) in [7, 11) is 0. The number of benzene rings is 2. The molecule has 0 aromatic heterocycles. The summed E-state index contributed by atoms with van der Waals surface area (Å²) in [6, 6.07) is 14.1. The Morgan fingerprint density at radius 3 is 1.95 bits per heavy atom. The maximum Gasteiger partial charge on any atom is 0.123 e. The number of halogens is 1. The molecule has 0 atom stereocenters. The highest BCUT2D eigenvalue weighted by Gasteiger charge is 1.89. The summed E-state index contributed by atoms with van der Waals surface area (Å²) in [5, 5.41) is 0. The van der Waals surface area contributed by atoms with Crippen molar-refractivity contribution in [1.29, 1.82) is 0 Å². The van der Waals surface area contributed by atoms with Crippen molar-refractivity contribution in [2.45, 2.75) is 19.8 Å². The minimum absolute atomic E-state index is 0.260. The van der Waals surface area contributed by atoms with Crippen molar-refractivity contribution in [2.75, 3.05) is 0 Å². The first-order valence-electron chi connectivity index (χ1n) is 7.32. The summed E-state index contributed by atoms with van der Waals surface area (Å²) in [6.45, 7) is 2.16.